The van der Waals surface area contributed by atoms with Crippen LogP contribution in [0.1, 0.15) is 5.56 Å². The number of aromatic amines is 1. The molecular weight excluding hydrogens is 260 g/mol. The molecule has 1 N–H and O–H groups in total. The van der Waals surface area contributed by atoms with Gasteiger partial charge in [-0.05, 0) is 17.2 Å². The zero-order valence-corrected chi connectivity index (χ0v) is 11.4. The van der Waals surface area contributed by atoms with Crippen molar-refractivity contribution in [2.45, 2.75) is 0 Å². The van der Waals surface area contributed by atoms with Crippen molar-refractivity contribution in [2.75, 3.05) is 6.54 Å². The van der Waals surface area contributed by atoms with Gasteiger partial charge in [0.1, 0.15) is 0 Å². The molecule has 1 aromatic heterocycles. The van der Waals surface area contributed by atoms with Crippen molar-refractivity contribution in [3.8, 4) is 11.3 Å². The number of para-hydroxylation sites is 1. The van der Waals surface area contributed by atoms with Crippen LogP contribution in [-0.4, -0.2) is 11.5 Å². The Balaban J connectivity index is 2.14. The molecule has 0 aliphatic carbocycles. The molecule has 3 aromatic rings. The zero-order valence-electron chi connectivity index (χ0n) is 11.4. The molecule has 0 atom stereocenters. The molecule has 0 aliphatic rings. The Morgan fingerprint density at radius 2 is 1.81 bits per heavy atom. The van der Waals surface area contributed by atoms with Crippen LogP contribution in [0.5, 0.6) is 0 Å². The number of nitrogens with zero attached hydrogens (tertiary/aromatic N) is 3. The maximum absolute atomic E-state index is 8.35. The zero-order chi connectivity index (χ0) is 14.5. The lowest BCUT2D eigenvalue weighted by atomic mass is 10.0. The first-order valence-corrected chi connectivity index (χ1v) is 6.73. The smallest absolute Gasteiger partial charge is 0.0538 e. The highest BCUT2D eigenvalue weighted by Crippen LogP contribution is 2.31. The molecule has 0 saturated heterocycles. The standard InChI is InChI=1S/C17H14N4/c18-21-19-12-6-10-15-14-9-4-5-11-16(14)20-17(15)13-7-2-1-3-8-13/h1-11,20H,12H2. The molecule has 3 rings (SSSR count). The van der Waals surface area contributed by atoms with E-state index in [4.69, 9.17) is 5.53 Å². The van der Waals surface area contributed by atoms with Crippen molar-refractivity contribution < 1.29 is 0 Å². The van der Waals surface area contributed by atoms with E-state index in [0.29, 0.717) is 6.54 Å². The van der Waals surface area contributed by atoms with E-state index in [-0.39, 0.29) is 0 Å². The fraction of sp³-hybridized carbons (Fsp3) is 0.0588. The molecule has 0 bridgehead atoms. The number of hydrogen-bond acceptors (Lipinski definition) is 1. The lowest BCUT2D eigenvalue weighted by Crippen LogP contribution is -1.80. The number of hydrogen-bond donors (Lipinski definition) is 1. The van der Waals surface area contributed by atoms with Crippen LogP contribution in [0.4, 0.5) is 0 Å². The monoisotopic (exact) mass is 274 g/mol. The van der Waals surface area contributed by atoms with Gasteiger partial charge in [0.2, 0.25) is 0 Å². The summed E-state index contributed by atoms with van der Waals surface area (Å²) in [5.74, 6) is 0. The molecule has 4 heteroatoms. The average molecular weight is 274 g/mol. The van der Waals surface area contributed by atoms with Crippen LogP contribution < -0.4 is 0 Å². The lowest BCUT2D eigenvalue weighted by molar-refractivity contribution is 1.22. The molecule has 0 unspecified atom stereocenters. The van der Waals surface area contributed by atoms with Gasteiger partial charge in [-0.25, -0.2) is 0 Å². The van der Waals surface area contributed by atoms with Crippen LogP contribution in [0.15, 0.2) is 65.8 Å². The van der Waals surface area contributed by atoms with Crippen LogP contribution in [0, 0.1) is 0 Å². The first kappa shape index (κ1) is 13.0. The third kappa shape index (κ3) is 2.66. The van der Waals surface area contributed by atoms with E-state index in [1.807, 2.05) is 42.5 Å². The summed E-state index contributed by atoms with van der Waals surface area (Å²) in [6, 6.07) is 18.4. The van der Waals surface area contributed by atoms with Gasteiger partial charge < -0.3 is 4.98 Å². The van der Waals surface area contributed by atoms with Gasteiger partial charge in [-0.3, -0.25) is 0 Å². The number of aromatic nitrogens is 1. The summed E-state index contributed by atoms with van der Waals surface area (Å²) in [6.07, 6.45) is 3.89. The Labute approximate surface area is 122 Å². The maximum atomic E-state index is 8.35. The first-order valence-electron chi connectivity index (χ1n) is 6.73. The predicted molar refractivity (Wildman–Crippen MR) is 86.8 cm³/mol. The molecule has 0 aliphatic heterocycles. The van der Waals surface area contributed by atoms with E-state index in [1.165, 1.54) is 0 Å². The molecule has 1 heterocycles. The quantitative estimate of drug-likeness (QED) is 0.388. The molecule has 0 spiro atoms. The predicted octanol–water partition coefficient (Wildman–Crippen LogP) is 5.16. The minimum atomic E-state index is 0.351. The van der Waals surface area contributed by atoms with E-state index in [1.54, 1.807) is 0 Å². The summed E-state index contributed by atoms with van der Waals surface area (Å²) in [6.45, 7) is 0.351. The summed E-state index contributed by atoms with van der Waals surface area (Å²) in [5.41, 5.74) is 12.8. The molecule has 0 fully saturated rings. The van der Waals surface area contributed by atoms with Gasteiger partial charge in [0, 0.05) is 27.9 Å². The Bertz CT molecular complexity index is 824. The number of nitrogens with one attached hydrogen (secondary N) is 1. The highest BCUT2D eigenvalue weighted by atomic mass is 15.1. The number of fused-ring (bicyclic) bond motifs is 1. The summed E-state index contributed by atoms with van der Waals surface area (Å²) in [4.78, 5) is 6.23. The second kappa shape index (κ2) is 5.99. The minimum Gasteiger partial charge on any atom is -0.354 e. The van der Waals surface area contributed by atoms with E-state index < -0.39 is 0 Å². The van der Waals surface area contributed by atoms with Gasteiger partial charge in [0.05, 0.1) is 5.69 Å². The fourth-order valence-corrected chi connectivity index (χ4v) is 2.42. The average Bonchev–Trinajstić information content (AvgIpc) is 2.91. The maximum Gasteiger partial charge on any atom is 0.0538 e. The molecular formula is C17H14N4. The van der Waals surface area contributed by atoms with Crippen LogP contribution in [0.2, 0.25) is 0 Å². The van der Waals surface area contributed by atoms with Gasteiger partial charge >= 0.3 is 0 Å². The summed E-state index contributed by atoms with van der Waals surface area (Å²) in [7, 11) is 0. The fourth-order valence-electron chi connectivity index (χ4n) is 2.42. The number of azide groups is 1. The lowest BCUT2D eigenvalue weighted by Gasteiger charge is -2.00. The van der Waals surface area contributed by atoms with Crippen LogP contribution in [0.3, 0.4) is 0 Å². The van der Waals surface area contributed by atoms with Crippen molar-refractivity contribution in [3.05, 3.63) is 76.7 Å². The van der Waals surface area contributed by atoms with E-state index in [2.05, 4.69) is 39.3 Å². The van der Waals surface area contributed by atoms with Gasteiger partial charge in [0.25, 0.3) is 0 Å². The molecule has 102 valence electrons. The second-order valence-corrected chi connectivity index (χ2v) is 4.64. The molecule has 0 amide bonds. The SMILES string of the molecule is [N-]=[N+]=NCC=Cc1c(-c2ccccc2)[nH]c2ccccc12. The van der Waals surface area contributed by atoms with E-state index in [9.17, 15) is 0 Å². The van der Waals surface area contributed by atoms with Crippen molar-refractivity contribution in [2.24, 2.45) is 5.11 Å². The van der Waals surface area contributed by atoms with Crippen molar-refractivity contribution in [1.29, 1.82) is 0 Å². The topological polar surface area (TPSA) is 64.6 Å². The second-order valence-electron chi connectivity index (χ2n) is 4.64. The molecule has 21 heavy (non-hydrogen) atoms. The largest absolute Gasteiger partial charge is 0.354 e. The van der Waals surface area contributed by atoms with Gasteiger partial charge in [0.15, 0.2) is 0 Å². The van der Waals surface area contributed by atoms with Crippen LogP contribution in [-0.2, 0) is 0 Å². The Morgan fingerprint density at radius 3 is 2.62 bits per heavy atom. The van der Waals surface area contributed by atoms with Crippen molar-refractivity contribution in [3.63, 3.8) is 0 Å². The number of benzene rings is 2. The summed E-state index contributed by atoms with van der Waals surface area (Å²) in [5, 5.41) is 4.70. The number of H-pyrrole nitrogens is 1. The van der Waals surface area contributed by atoms with Gasteiger partial charge in [-0.15, -0.1) is 0 Å². The van der Waals surface area contributed by atoms with Crippen molar-refractivity contribution >= 4 is 17.0 Å². The molecule has 0 saturated carbocycles. The Kier molecular flexibility index (Phi) is 3.72. The molecule has 2 aromatic carbocycles. The van der Waals surface area contributed by atoms with Crippen LogP contribution >= 0.6 is 0 Å². The Morgan fingerprint density at radius 1 is 1.05 bits per heavy atom. The summed E-state index contributed by atoms with van der Waals surface area (Å²) >= 11 is 0. The number of rotatable bonds is 4. The molecule has 4 nitrogen and oxygen atoms in total. The van der Waals surface area contributed by atoms with Crippen molar-refractivity contribution in [1.82, 2.24) is 4.98 Å². The summed E-state index contributed by atoms with van der Waals surface area (Å²) < 4.78 is 0. The van der Waals surface area contributed by atoms with Gasteiger partial charge in [-0.1, -0.05) is 65.8 Å². The first-order chi connectivity index (χ1) is 10.4. The third-order valence-electron chi connectivity index (χ3n) is 3.34. The highest BCUT2D eigenvalue weighted by molar-refractivity contribution is 5.96. The highest BCUT2D eigenvalue weighted by Gasteiger charge is 2.09. The van der Waals surface area contributed by atoms with E-state index >= 15 is 0 Å². The van der Waals surface area contributed by atoms with Gasteiger partial charge in [-0.2, -0.15) is 0 Å². The van der Waals surface area contributed by atoms with Crippen LogP contribution in [0.25, 0.3) is 38.7 Å². The third-order valence-corrected chi connectivity index (χ3v) is 3.34. The van der Waals surface area contributed by atoms with E-state index in [0.717, 1.165) is 27.7 Å². The molecule has 0 radical (unpaired) electrons. The minimum absolute atomic E-state index is 0.351. The Hall–Kier alpha value is -2.97. The normalized spacial score (nSPS) is 10.9.